The summed E-state index contributed by atoms with van der Waals surface area (Å²) in [6, 6.07) is 0.311. The molecule has 86 valence electrons. The van der Waals surface area contributed by atoms with Gasteiger partial charge in [-0.05, 0) is 12.8 Å². The van der Waals surface area contributed by atoms with Gasteiger partial charge in [-0.25, -0.2) is 4.79 Å². The van der Waals surface area contributed by atoms with Crippen LogP contribution in [0.3, 0.4) is 0 Å². The second kappa shape index (κ2) is 5.70. The first-order valence-electron chi connectivity index (χ1n) is 5.16. The van der Waals surface area contributed by atoms with Crippen molar-refractivity contribution in [2.45, 2.75) is 31.7 Å². The van der Waals surface area contributed by atoms with Gasteiger partial charge in [0.2, 0.25) is 5.91 Å². The van der Waals surface area contributed by atoms with Crippen molar-refractivity contribution in [2.24, 2.45) is 0 Å². The van der Waals surface area contributed by atoms with Gasteiger partial charge in [0.05, 0.1) is 0 Å². The van der Waals surface area contributed by atoms with E-state index in [4.69, 9.17) is 9.84 Å². The maximum absolute atomic E-state index is 11.5. The summed E-state index contributed by atoms with van der Waals surface area (Å²) in [7, 11) is 1.75. The Hall–Kier alpha value is -1.10. The van der Waals surface area contributed by atoms with Crippen molar-refractivity contribution in [1.29, 1.82) is 0 Å². The molecule has 0 atom stereocenters. The van der Waals surface area contributed by atoms with Crippen LogP contribution in [0.15, 0.2) is 0 Å². The second-order valence-corrected chi connectivity index (χ2v) is 3.83. The molecule has 1 aliphatic carbocycles. The smallest absolute Gasteiger partial charge is 0.329 e. The normalized spacial score (nSPS) is 16.6. The Morgan fingerprint density at radius 1 is 1.33 bits per heavy atom. The van der Waals surface area contributed by atoms with E-state index in [9.17, 15) is 9.59 Å². The Morgan fingerprint density at radius 3 is 2.47 bits per heavy atom. The van der Waals surface area contributed by atoms with Crippen molar-refractivity contribution in [3.05, 3.63) is 0 Å². The van der Waals surface area contributed by atoms with Crippen LogP contribution in [0.2, 0.25) is 0 Å². The summed E-state index contributed by atoms with van der Waals surface area (Å²) >= 11 is 0. The van der Waals surface area contributed by atoms with E-state index in [1.807, 2.05) is 0 Å². The number of ether oxygens (including phenoxy) is 1. The Morgan fingerprint density at radius 2 is 1.93 bits per heavy atom. The minimum Gasteiger partial charge on any atom is -0.480 e. The number of hydrogen-bond acceptors (Lipinski definition) is 3. The standard InChI is InChI=1S/C10H17NO4/c1-11(8-4-2-3-5-8)9(12)6-15-7-10(13)14/h8H,2-7H2,1H3,(H,13,14). The fraction of sp³-hybridized carbons (Fsp3) is 0.800. The largest absolute Gasteiger partial charge is 0.480 e. The Kier molecular flexibility index (Phi) is 4.55. The summed E-state index contributed by atoms with van der Waals surface area (Å²) in [5.41, 5.74) is 0. The van der Waals surface area contributed by atoms with E-state index in [-0.39, 0.29) is 12.5 Å². The number of likely N-dealkylation sites (N-methyl/N-ethyl adjacent to an activating group) is 1. The van der Waals surface area contributed by atoms with Gasteiger partial charge in [0.25, 0.3) is 0 Å². The third kappa shape index (κ3) is 3.87. The van der Waals surface area contributed by atoms with E-state index in [1.54, 1.807) is 11.9 Å². The molecule has 0 aliphatic heterocycles. The van der Waals surface area contributed by atoms with Crippen molar-refractivity contribution < 1.29 is 19.4 Å². The SMILES string of the molecule is CN(C(=O)COCC(=O)O)C1CCCC1. The summed E-state index contributed by atoms with van der Waals surface area (Å²) in [5.74, 6) is -1.19. The quantitative estimate of drug-likeness (QED) is 0.724. The highest BCUT2D eigenvalue weighted by molar-refractivity contribution is 5.78. The predicted molar refractivity (Wildman–Crippen MR) is 53.5 cm³/mol. The highest BCUT2D eigenvalue weighted by atomic mass is 16.5. The molecule has 0 radical (unpaired) electrons. The van der Waals surface area contributed by atoms with Gasteiger partial charge in [0.15, 0.2) is 0 Å². The first-order valence-corrected chi connectivity index (χ1v) is 5.16. The molecule has 5 heteroatoms. The number of nitrogens with zero attached hydrogens (tertiary/aromatic N) is 1. The fourth-order valence-electron chi connectivity index (χ4n) is 1.82. The maximum atomic E-state index is 11.5. The Balaban J connectivity index is 2.23. The fourth-order valence-corrected chi connectivity index (χ4v) is 1.82. The van der Waals surface area contributed by atoms with Gasteiger partial charge in [-0.1, -0.05) is 12.8 Å². The molecule has 1 N–H and O–H groups in total. The summed E-state index contributed by atoms with van der Waals surface area (Å²) in [5, 5.41) is 8.33. The Labute approximate surface area is 89.0 Å². The van der Waals surface area contributed by atoms with Crippen LogP contribution in [0.5, 0.6) is 0 Å². The number of amides is 1. The molecule has 5 nitrogen and oxygen atoms in total. The monoisotopic (exact) mass is 215 g/mol. The number of carboxylic acid groups (broad SMARTS) is 1. The zero-order chi connectivity index (χ0) is 11.3. The topological polar surface area (TPSA) is 66.8 Å². The lowest BCUT2D eigenvalue weighted by Crippen LogP contribution is -2.37. The molecule has 0 unspecified atom stereocenters. The predicted octanol–water partition coefficient (Wildman–Crippen LogP) is 0.489. The lowest BCUT2D eigenvalue weighted by molar-refractivity contribution is -0.146. The van der Waals surface area contributed by atoms with E-state index in [2.05, 4.69) is 0 Å². The van der Waals surface area contributed by atoms with E-state index < -0.39 is 12.6 Å². The van der Waals surface area contributed by atoms with Crippen LogP contribution < -0.4 is 0 Å². The Bertz CT molecular complexity index is 236. The van der Waals surface area contributed by atoms with Crippen LogP contribution in [0.4, 0.5) is 0 Å². The molecule has 1 fully saturated rings. The van der Waals surface area contributed by atoms with Crippen LogP contribution in [-0.4, -0.2) is 48.2 Å². The molecule has 0 aromatic rings. The molecule has 1 aliphatic rings. The third-order valence-corrected chi connectivity index (χ3v) is 2.72. The lowest BCUT2D eigenvalue weighted by Gasteiger charge is -2.23. The summed E-state index contributed by atoms with van der Waals surface area (Å²) < 4.78 is 4.75. The number of aliphatic carboxylic acids is 1. The van der Waals surface area contributed by atoms with Gasteiger partial charge in [-0.15, -0.1) is 0 Å². The van der Waals surface area contributed by atoms with Gasteiger partial charge in [0.1, 0.15) is 13.2 Å². The molecule has 0 heterocycles. The first-order chi connectivity index (χ1) is 7.11. The molecular formula is C10H17NO4. The van der Waals surface area contributed by atoms with Crippen LogP contribution >= 0.6 is 0 Å². The van der Waals surface area contributed by atoms with Crippen LogP contribution in [0, 0.1) is 0 Å². The minimum atomic E-state index is -1.05. The molecule has 0 aromatic carbocycles. The molecule has 1 amide bonds. The number of carbonyl (C=O) groups is 2. The maximum Gasteiger partial charge on any atom is 0.329 e. The highest BCUT2D eigenvalue weighted by Gasteiger charge is 2.23. The molecule has 0 aromatic heterocycles. The van der Waals surface area contributed by atoms with Crippen molar-refractivity contribution >= 4 is 11.9 Å². The van der Waals surface area contributed by atoms with Crippen molar-refractivity contribution in [1.82, 2.24) is 4.90 Å². The van der Waals surface area contributed by atoms with Crippen LogP contribution in [0.25, 0.3) is 0 Å². The van der Waals surface area contributed by atoms with E-state index in [0.29, 0.717) is 6.04 Å². The third-order valence-electron chi connectivity index (χ3n) is 2.72. The average molecular weight is 215 g/mol. The summed E-state index contributed by atoms with van der Waals surface area (Å²) in [4.78, 5) is 23.4. The molecule has 1 rings (SSSR count). The number of carbonyl (C=O) groups excluding carboxylic acids is 1. The minimum absolute atomic E-state index is 0.136. The molecule has 0 bridgehead atoms. The van der Waals surface area contributed by atoms with Crippen molar-refractivity contribution in [3.8, 4) is 0 Å². The molecular weight excluding hydrogens is 198 g/mol. The van der Waals surface area contributed by atoms with Gasteiger partial charge in [0, 0.05) is 13.1 Å². The van der Waals surface area contributed by atoms with Gasteiger partial charge < -0.3 is 14.7 Å². The zero-order valence-electron chi connectivity index (χ0n) is 8.94. The second-order valence-electron chi connectivity index (χ2n) is 3.83. The van der Waals surface area contributed by atoms with Gasteiger partial charge in [-0.3, -0.25) is 4.79 Å². The highest BCUT2D eigenvalue weighted by Crippen LogP contribution is 2.22. The van der Waals surface area contributed by atoms with Crippen LogP contribution in [-0.2, 0) is 14.3 Å². The summed E-state index contributed by atoms with van der Waals surface area (Å²) in [6.07, 6.45) is 4.42. The molecule has 0 saturated heterocycles. The molecule has 1 saturated carbocycles. The number of hydrogen-bond donors (Lipinski definition) is 1. The van der Waals surface area contributed by atoms with Crippen LogP contribution in [0.1, 0.15) is 25.7 Å². The first kappa shape index (κ1) is 12.0. The van der Waals surface area contributed by atoms with E-state index in [0.717, 1.165) is 25.7 Å². The van der Waals surface area contributed by atoms with E-state index >= 15 is 0 Å². The zero-order valence-corrected chi connectivity index (χ0v) is 8.94. The van der Waals surface area contributed by atoms with Crippen molar-refractivity contribution in [2.75, 3.05) is 20.3 Å². The average Bonchev–Trinajstić information content (AvgIpc) is 2.68. The number of carboxylic acids is 1. The van der Waals surface area contributed by atoms with Gasteiger partial charge in [-0.2, -0.15) is 0 Å². The summed E-state index contributed by atoms with van der Waals surface area (Å²) in [6.45, 7) is -0.552. The van der Waals surface area contributed by atoms with Gasteiger partial charge >= 0.3 is 5.97 Å². The molecule has 0 spiro atoms. The van der Waals surface area contributed by atoms with E-state index in [1.165, 1.54) is 0 Å². The van der Waals surface area contributed by atoms with Crippen molar-refractivity contribution in [3.63, 3.8) is 0 Å². The number of rotatable bonds is 5. The molecule has 15 heavy (non-hydrogen) atoms. The lowest BCUT2D eigenvalue weighted by atomic mass is 10.2.